The van der Waals surface area contributed by atoms with Gasteiger partial charge in [-0.15, -0.1) is 4.74 Å². The zero-order valence-electron chi connectivity index (χ0n) is 29.7. The van der Waals surface area contributed by atoms with Crippen LogP contribution in [0.5, 0.6) is 0 Å². The Balaban J connectivity index is 1.51. The highest BCUT2D eigenvalue weighted by Gasteiger charge is 2.47. The summed E-state index contributed by atoms with van der Waals surface area (Å²) in [6.45, 7) is 1.86. The van der Waals surface area contributed by atoms with E-state index in [1.54, 1.807) is 14.2 Å². The minimum absolute atomic E-state index is 0.171. The highest BCUT2D eigenvalue weighted by atomic mass is 16.8. The van der Waals surface area contributed by atoms with Crippen LogP contribution in [0.3, 0.4) is 0 Å². The van der Waals surface area contributed by atoms with Crippen molar-refractivity contribution in [2.45, 2.75) is 57.5 Å². The second-order valence-corrected chi connectivity index (χ2v) is 12.3. The van der Waals surface area contributed by atoms with Crippen LogP contribution in [0.4, 0.5) is 0 Å². The molecule has 2 aliphatic heterocycles. The van der Waals surface area contributed by atoms with Crippen LogP contribution in [0.2, 0.25) is 0 Å². The van der Waals surface area contributed by atoms with Gasteiger partial charge in [0.2, 0.25) is 5.71 Å². The van der Waals surface area contributed by atoms with Gasteiger partial charge in [-0.2, -0.15) is 4.99 Å². The fraction of sp³-hybridized carbons (Fsp3) is 0.450. The Bertz CT molecular complexity index is 1530. The van der Waals surface area contributed by atoms with E-state index in [-0.39, 0.29) is 39.5 Å². The molecule has 11 heteroatoms. The largest absolute Gasteiger partial charge is 0.618 e. The first-order valence-corrected chi connectivity index (χ1v) is 17.5. The molecule has 0 spiro atoms. The van der Waals surface area contributed by atoms with Gasteiger partial charge in [0.05, 0.1) is 45.2 Å². The average Bonchev–Trinajstić information content (AvgIpc) is 3.26. The summed E-state index contributed by atoms with van der Waals surface area (Å²) in [5.41, 5.74) is 5.86. The predicted octanol–water partition coefficient (Wildman–Crippen LogP) is 5.98. The Kier molecular flexibility index (Phi) is 15.8. The first-order valence-electron chi connectivity index (χ1n) is 17.5. The van der Waals surface area contributed by atoms with Gasteiger partial charge in [0.25, 0.3) is 0 Å². The quantitative estimate of drug-likeness (QED) is 0.0573. The number of methoxy groups -OCH3 is 2. The summed E-state index contributed by atoms with van der Waals surface area (Å²) in [6.07, 6.45) is 6.10. The summed E-state index contributed by atoms with van der Waals surface area (Å²) in [4.78, 5) is 4.92. The van der Waals surface area contributed by atoms with Crippen LogP contribution in [0.25, 0.3) is 0 Å². The molecule has 0 N–H and O–H groups in total. The molecule has 5 rings (SSSR count). The molecule has 1 fully saturated rings. The highest BCUT2D eigenvalue weighted by molar-refractivity contribution is 6.07. The number of hydrogen-bond donors (Lipinski definition) is 0. The lowest BCUT2D eigenvalue weighted by Crippen LogP contribution is -2.48. The molecule has 11 nitrogen and oxygen atoms in total. The van der Waals surface area contributed by atoms with Crippen LogP contribution >= 0.6 is 0 Å². The van der Waals surface area contributed by atoms with Crippen LogP contribution < -0.4 is 0 Å². The summed E-state index contributed by atoms with van der Waals surface area (Å²) in [5, 5.41) is 14.9. The van der Waals surface area contributed by atoms with Crippen molar-refractivity contribution in [3.63, 3.8) is 0 Å². The maximum Gasteiger partial charge on any atom is 0.515 e. The lowest BCUT2D eigenvalue weighted by atomic mass is 9.94. The molecule has 51 heavy (non-hydrogen) atoms. The number of ether oxygens (including phenoxy) is 8. The Morgan fingerprint density at radius 1 is 0.725 bits per heavy atom. The maximum absolute atomic E-state index is 14.9. The van der Waals surface area contributed by atoms with Gasteiger partial charge >= 0.3 is 6.03 Å². The minimum atomic E-state index is -2.15. The van der Waals surface area contributed by atoms with Gasteiger partial charge in [0.1, 0.15) is 0 Å². The van der Waals surface area contributed by atoms with E-state index in [0.29, 0.717) is 44.1 Å². The van der Waals surface area contributed by atoms with E-state index in [4.69, 9.17) is 42.9 Å². The van der Waals surface area contributed by atoms with E-state index in [1.165, 1.54) is 0 Å². The van der Waals surface area contributed by atoms with E-state index in [1.807, 2.05) is 91.0 Å². The molecule has 0 amide bonds. The van der Waals surface area contributed by atoms with Gasteiger partial charge in [0, 0.05) is 39.2 Å². The van der Waals surface area contributed by atoms with E-state index >= 15 is 0 Å². The van der Waals surface area contributed by atoms with Gasteiger partial charge in [-0.1, -0.05) is 84.9 Å². The summed E-state index contributed by atoms with van der Waals surface area (Å²) < 4.78 is 46.5. The van der Waals surface area contributed by atoms with E-state index in [0.717, 1.165) is 58.4 Å². The second kappa shape index (κ2) is 20.9. The second-order valence-electron chi connectivity index (χ2n) is 12.3. The Morgan fingerprint density at radius 3 is 1.90 bits per heavy atom. The molecule has 274 valence electrons. The van der Waals surface area contributed by atoms with Crippen molar-refractivity contribution in [2.24, 2.45) is 4.99 Å². The molecule has 0 bridgehead atoms. The van der Waals surface area contributed by atoms with Crippen molar-refractivity contribution in [2.75, 3.05) is 60.8 Å². The fourth-order valence-electron chi connectivity index (χ4n) is 5.74. The van der Waals surface area contributed by atoms with Gasteiger partial charge < -0.3 is 33.6 Å². The maximum atomic E-state index is 14.9. The van der Waals surface area contributed by atoms with Crippen LogP contribution in [0.1, 0.15) is 41.5 Å². The Labute approximate surface area is 301 Å². The monoisotopic (exact) mass is 702 g/mol. The fourth-order valence-corrected chi connectivity index (χ4v) is 5.74. The first-order chi connectivity index (χ1) is 25.1. The molecule has 1 atom stereocenters. The number of nitrogens with zero attached hydrogens (tertiary/aromatic N) is 2. The normalized spacial score (nSPS) is 17.6. The summed E-state index contributed by atoms with van der Waals surface area (Å²) in [5.74, 6) is 0. The molecule has 2 heterocycles. The van der Waals surface area contributed by atoms with E-state index in [9.17, 15) is 5.21 Å². The lowest BCUT2D eigenvalue weighted by molar-refractivity contribution is -0.684. The summed E-state index contributed by atoms with van der Waals surface area (Å²) in [7, 11) is 3.17. The van der Waals surface area contributed by atoms with Crippen molar-refractivity contribution >= 4 is 11.4 Å². The minimum Gasteiger partial charge on any atom is -0.618 e. The zero-order valence-corrected chi connectivity index (χ0v) is 29.7. The third-order valence-corrected chi connectivity index (χ3v) is 8.46. The van der Waals surface area contributed by atoms with Crippen LogP contribution in [0.15, 0.2) is 102 Å². The van der Waals surface area contributed by atoms with Crippen LogP contribution in [-0.2, 0) is 63.8 Å². The third-order valence-electron chi connectivity index (χ3n) is 8.46. The highest BCUT2D eigenvalue weighted by Crippen LogP contribution is 2.27. The van der Waals surface area contributed by atoms with E-state index < -0.39 is 6.03 Å². The summed E-state index contributed by atoms with van der Waals surface area (Å²) >= 11 is 0. The molecule has 0 aliphatic carbocycles. The number of benzene rings is 3. The van der Waals surface area contributed by atoms with Gasteiger partial charge in [-0.25, -0.2) is 9.47 Å². The molecule has 0 aromatic heterocycles. The first kappa shape index (κ1) is 38.5. The van der Waals surface area contributed by atoms with Crippen LogP contribution in [-0.4, -0.2) is 89.3 Å². The molecule has 0 radical (unpaired) electrons. The van der Waals surface area contributed by atoms with Gasteiger partial charge in [0.15, 0.2) is 19.9 Å². The lowest BCUT2D eigenvalue weighted by Gasteiger charge is -2.28. The molecule has 1 unspecified atom stereocenters. The summed E-state index contributed by atoms with van der Waals surface area (Å²) in [6, 6.07) is 25.9. The average molecular weight is 703 g/mol. The topological polar surface area (TPSA) is 112 Å². The molecule has 3 aromatic rings. The molecule has 1 saturated heterocycles. The van der Waals surface area contributed by atoms with Crippen molar-refractivity contribution in [3.05, 3.63) is 124 Å². The molecule has 2 aliphatic rings. The number of aliphatic imine (C=N–C) groups is 1. The number of hydrogen-bond acceptors (Lipinski definition) is 10. The van der Waals surface area contributed by atoms with Gasteiger partial charge in [-0.3, -0.25) is 0 Å². The van der Waals surface area contributed by atoms with Crippen molar-refractivity contribution in [3.8, 4) is 0 Å². The number of allylic oxidation sites excluding steroid dienone is 2. The molecule has 0 saturated carbocycles. The number of hydroxylamine groups is 1. The SMILES string of the molecule is COCCOCOC1(OCOCCOC)N=C(Cc2ccccc2)C=C(Cc2ccccc2)C(Cc2ccc(COC3CCCCO3)cc2)=[N+]1[O-]. The van der Waals surface area contributed by atoms with Gasteiger partial charge in [-0.05, 0) is 47.6 Å². The smallest absolute Gasteiger partial charge is 0.515 e. The van der Waals surface area contributed by atoms with Crippen molar-refractivity contribution in [1.82, 2.24) is 0 Å². The van der Waals surface area contributed by atoms with E-state index in [2.05, 4.69) is 0 Å². The molecular formula is C40H50N2O9. The predicted molar refractivity (Wildman–Crippen MR) is 193 cm³/mol. The molecule has 3 aromatic carbocycles. The van der Waals surface area contributed by atoms with Crippen molar-refractivity contribution < 1.29 is 42.6 Å². The zero-order chi connectivity index (χ0) is 35.6. The Hall–Kier alpha value is -3.78. The standard InChI is InChI=1S/C40H50N2O9/c1-44-21-23-46-30-50-40(51-31-47-24-22-45-2)41-37(26-33-13-7-4-8-14-33)28-36(25-32-11-5-3-6-12-32)38(42(40)43)27-34-16-18-35(19-17-34)29-49-39-15-9-10-20-48-39/h3-8,11-14,16-19,28,39H,9-10,15,20-27,29-31H2,1-2H3. The molecular weight excluding hydrogens is 652 g/mol. The van der Waals surface area contributed by atoms with Crippen LogP contribution in [0, 0.1) is 5.21 Å². The van der Waals surface area contributed by atoms with Crippen molar-refractivity contribution in [1.29, 1.82) is 0 Å². The number of rotatable bonds is 21. The third kappa shape index (κ3) is 12.2. The Morgan fingerprint density at radius 2 is 1.31 bits per heavy atom.